The van der Waals surface area contributed by atoms with E-state index in [1.165, 1.54) is 45.3 Å². The minimum absolute atomic E-state index is 0.0791. The molecule has 26 heavy (non-hydrogen) atoms. The van der Waals surface area contributed by atoms with E-state index in [2.05, 4.69) is 43.7 Å². The molecule has 5 nitrogen and oxygen atoms in total. The second kappa shape index (κ2) is 7.12. The van der Waals surface area contributed by atoms with Crippen molar-refractivity contribution in [3.05, 3.63) is 11.9 Å². The fourth-order valence-corrected chi connectivity index (χ4v) is 5.09. The van der Waals surface area contributed by atoms with Crippen LogP contribution in [-0.2, 0) is 5.41 Å². The van der Waals surface area contributed by atoms with Gasteiger partial charge in [0.15, 0.2) is 0 Å². The Labute approximate surface area is 161 Å². The summed E-state index contributed by atoms with van der Waals surface area (Å²) < 4.78 is 1.98. The number of nitrogens with zero attached hydrogens (tertiary/aromatic N) is 5. The van der Waals surface area contributed by atoms with Gasteiger partial charge in [0.2, 0.25) is 10.1 Å². The molecule has 144 valence electrons. The molecule has 0 amide bonds. The van der Waals surface area contributed by atoms with Crippen LogP contribution >= 0.6 is 11.3 Å². The maximum absolute atomic E-state index is 4.85. The first-order chi connectivity index (χ1) is 12.4. The molecule has 0 aromatic carbocycles. The number of hydrogen-bond acceptors (Lipinski definition) is 5. The molecule has 1 atom stereocenters. The lowest BCUT2D eigenvalue weighted by Gasteiger charge is -2.37. The van der Waals surface area contributed by atoms with Crippen LogP contribution in [0.5, 0.6) is 0 Å². The van der Waals surface area contributed by atoms with Crippen LogP contribution < -0.4 is 4.90 Å². The van der Waals surface area contributed by atoms with Crippen LogP contribution in [0.1, 0.15) is 59.1 Å². The molecule has 0 aliphatic carbocycles. The monoisotopic (exact) mass is 375 g/mol. The molecule has 2 saturated heterocycles. The first kappa shape index (κ1) is 18.2. The first-order valence-corrected chi connectivity index (χ1v) is 11.0. The van der Waals surface area contributed by atoms with Gasteiger partial charge in [-0.25, -0.2) is 9.50 Å². The molecule has 4 heterocycles. The van der Waals surface area contributed by atoms with Gasteiger partial charge in [0.25, 0.3) is 0 Å². The average molecular weight is 376 g/mol. The van der Waals surface area contributed by atoms with Crippen molar-refractivity contribution < 1.29 is 0 Å². The van der Waals surface area contributed by atoms with Gasteiger partial charge in [-0.1, -0.05) is 39.0 Å². The van der Waals surface area contributed by atoms with Crippen molar-refractivity contribution in [2.45, 2.75) is 58.8 Å². The fraction of sp³-hybridized carbons (Fsp3) is 0.800. The molecule has 4 rings (SSSR count). The standard InChI is InChI=1S/C20H33N5S/c1-15-7-10-23(11-8-15)12-16-6-5-9-24(13-16)19-22-25-14-17(20(2,3)4)21-18(25)26-19/h14-16H,5-13H2,1-4H3. The number of rotatable bonds is 3. The summed E-state index contributed by atoms with van der Waals surface area (Å²) in [6, 6.07) is 0. The van der Waals surface area contributed by atoms with Gasteiger partial charge in [-0.15, -0.1) is 5.10 Å². The fourth-order valence-electron chi connectivity index (χ4n) is 4.18. The first-order valence-electron chi connectivity index (χ1n) is 10.2. The van der Waals surface area contributed by atoms with Crippen LogP contribution in [0, 0.1) is 11.8 Å². The lowest BCUT2D eigenvalue weighted by molar-refractivity contribution is 0.159. The Morgan fingerprint density at radius 1 is 1.15 bits per heavy atom. The number of likely N-dealkylation sites (tertiary alicyclic amines) is 1. The molecule has 2 aromatic rings. The van der Waals surface area contributed by atoms with Gasteiger partial charge in [-0.2, -0.15) is 0 Å². The Bertz CT molecular complexity index is 704. The van der Waals surface area contributed by atoms with E-state index in [4.69, 9.17) is 10.1 Å². The third kappa shape index (κ3) is 3.91. The zero-order valence-electron chi connectivity index (χ0n) is 16.7. The van der Waals surface area contributed by atoms with Crippen molar-refractivity contribution in [3.63, 3.8) is 0 Å². The molecule has 2 aliphatic rings. The van der Waals surface area contributed by atoms with Crippen molar-refractivity contribution >= 4 is 21.4 Å². The van der Waals surface area contributed by atoms with Gasteiger partial charge in [0.1, 0.15) is 0 Å². The van der Waals surface area contributed by atoms with E-state index in [0.717, 1.165) is 40.7 Å². The Morgan fingerprint density at radius 3 is 2.62 bits per heavy atom. The van der Waals surface area contributed by atoms with E-state index >= 15 is 0 Å². The van der Waals surface area contributed by atoms with Crippen molar-refractivity contribution in [3.8, 4) is 0 Å². The molecule has 6 heteroatoms. The molecular formula is C20H33N5S. The van der Waals surface area contributed by atoms with E-state index < -0.39 is 0 Å². The molecule has 0 radical (unpaired) electrons. The largest absolute Gasteiger partial charge is 0.346 e. The molecule has 1 unspecified atom stereocenters. The summed E-state index contributed by atoms with van der Waals surface area (Å²) in [5, 5.41) is 5.99. The van der Waals surface area contributed by atoms with Crippen LogP contribution in [0.4, 0.5) is 5.13 Å². The zero-order chi connectivity index (χ0) is 18.3. The van der Waals surface area contributed by atoms with Gasteiger partial charge < -0.3 is 9.80 Å². The molecule has 0 saturated carbocycles. The second-order valence-electron chi connectivity index (χ2n) is 9.43. The van der Waals surface area contributed by atoms with Gasteiger partial charge in [-0.05, 0) is 50.6 Å². The topological polar surface area (TPSA) is 36.7 Å². The average Bonchev–Trinajstić information content (AvgIpc) is 3.16. The van der Waals surface area contributed by atoms with Gasteiger partial charge in [0, 0.05) is 25.0 Å². The number of hydrogen-bond donors (Lipinski definition) is 0. The number of imidazole rings is 1. The maximum atomic E-state index is 4.85. The maximum Gasteiger partial charge on any atom is 0.214 e. The highest BCUT2D eigenvalue weighted by molar-refractivity contribution is 7.20. The third-order valence-corrected chi connectivity index (χ3v) is 6.97. The van der Waals surface area contributed by atoms with E-state index in [1.54, 1.807) is 11.3 Å². The van der Waals surface area contributed by atoms with Crippen LogP contribution in [0.2, 0.25) is 0 Å². The number of anilines is 1. The molecule has 0 N–H and O–H groups in total. The van der Waals surface area contributed by atoms with Crippen molar-refractivity contribution in [2.24, 2.45) is 11.8 Å². The van der Waals surface area contributed by atoms with E-state index in [-0.39, 0.29) is 5.41 Å². The number of aromatic nitrogens is 3. The Morgan fingerprint density at radius 2 is 1.92 bits per heavy atom. The zero-order valence-corrected chi connectivity index (χ0v) is 17.6. The lowest BCUT2D eigenvalue weighted by Crippen LogP contribution is -2.43. The molecule has 0 spiro atoms. The summed E-state index contributed by atoms with van der Waals surface area (Å²) in [5.41, 5.74) is 1.20. The Hall–Kier alpha value is -1.14. The SMILES string of the molecule is CC1CCN(CC2CCCN(c3nn4cc(C(C)(C)C)nc4s3)C2)CC1. The quantitative estimate of drug-likeness (QED) is 0.811. The van der Waals surface area contributed by atoms with Crippen molar-refractivity contribution in [1.29, 1.82) is 0 Å². The van der Waals surface area contributed by atoms with Gasteiger partial charge in [0.05, 0.1) is 11.9 Å². The van der Waals surface area contributed by atoms with Crippen LogP contribution in [0.25, 0.3) is 4.96 Å². The summed E-state index contributed by atoms with van der Waals surface area (Å²) in [4.78, 5) is 11.0. The summed E-state index contributed by atoms with van der Waals surface area (Å²) in [6.45, 7) is 15.1. The van der Waals surface area contributed by atoms with E-state index in [9.17, 15) is 0 Å². The van der Waals surface area contributed by atoms with Gasteiger partial charge >= 0.3 is 0 Å². The van der Waals surface area contributed by atoms with Crippen LogP contribution in [0.3, 0.4) is 0 Å². The van der Waals surface area contributed by atoms with Crippen molar-refractivity contribution in [1.82, 2.24) is 19.5 Å². The lowest BCUT2D eigenvalue weighted by atomic mass is 9.93. The van der Waals surface area contributed by atoms with E-state index in [0.29, 0.717) is 0 Å². The third-order valence-electron chi connectivity index (χ3n) is 5.98. The minimum atomic E-state index is 0.0791. The van der Waals surface area contributed by atoms with Gasteiger partial charge in [-0.3, -0.25) is 0 Å². The highest BCUT2D eigenvalue weighted by atomic mass is 32.1. The summed E-state index contributed by atoms with van der Waals surface area (Å²) in [7, 11) is 0. The normalized spacial score (nSPS) is 23.8. The highest BCUT2D eigenvalue weighted by Gasteiger charge is 2.27. The minimum Gasteiger partial charge on any atom is -0.346 e. The van der Waals surface area contributed by atoms with Crippen LogP contribution in [-0.4, -0.2) is 52.2 Å². The predicted octanol–water partition coefficient (Wildman–Crippen LogP) is 4.04. The highest BCUT2D eigenvalue weighted by Crippen LogP contribution is 2.30. The van der Waals surface area contributed by atoms with E-state index in [1.807, 2.05) is 4.52 Å². The summed E-state index contributed by atoms with van der Waals surface area (Å²) in [5.74, 6) is 1.69. The Kier molecular flexibility index (Phi) is 4.99. The van der Waals surface area contributed by atoms with Crippen LogP contribution in [0.15, 0.2) is 6.20 Å². The summed E-state index contributed by atoms with van der Waals surface area (Å²) in [6.07, 6.45) is 7.49. The molecular weight excluding hydrogens is 342 g/mol. The number of fused-ring (bicyclic) bond motifs is 1. The summed E-state index contributed by atoms with van der Waals surface area (Å²) >= 11 is 1.74. The Balaban J connectivity index is 1.41. The molecule has 2 aromatic heterocycles. The molecule has 0 bridgehead atoms. The smallest absolute Gasteiger partial charge is 0.214 e. The molecule has 2 aliphatic heterocycles. The van der Waals surface area contributed by atoms with Crippen molar-refractivity contribution in [2.75, 3.05) is 37.6 Å². The number of piperidine rings is 2. The predicted molar refractivity (Wildman–Crippen MR) is 109 cm³/mol. The second-order valence-corrected chi connectivity index (χ2v) is 10.4. The molecule has 2 fully saturated rings.